The van der Waals surface area contributed by atoms with Crippen LogP contribution in [0.2, 0.25) is 5.02 Å². The zero-order chi connectivity index (χ0) is 30.2. The summed E-state index contributed by atoms with van der Waals surface area (Å²) in [5.41, 5.74) is 5.00. The van der Waals surface area contributed by atoms with E-state index in [1.165, 1.54) is 42.7 Å². The largest absolute Gasteiger partial charge is 0.384 e. The van der Waals surface area contributed by atoms with E-state index in [2.05, 4.69) is 26.0 Å². The first-order valence-corrected chi connectivity index (χ1v) is 14.6. The standard InChI is InChI=1S/C32H31ClN6O4/c33-23-8-10-25-27(13-18-36-28(25)20-23)35-14-5-3-1-2-4-6-15-37-29(40)22-7-9-24-26(19-22)32(43)39(31(24)42)38-30(41)21-11-16-34-17-12-21/h7-13,16-20H,1-6,14-15H2,(H,35,36)(H,37,40)(H,38,41). The Hall–Kier alpha value is -4.83. The quantitative estimate of drug-likeness (QED) is 0.138. The number of anilines is 1. The van der Waals surface area contributed by atoms with Gasteiger partial charge in [-0.25, -0.2) is 0 Å². The van der Waals surface area contributed by atoms with Gasteiger partial charge in [-0.05, 0) is 67.4 Å². The van der Waals surface area contributed by atoms with Crippen LogP contribution < -0.4 is 16.1 Å². The maximum absolute atomic E-state index is 12.8. The molecule has 220 valence electrons. The predicted molar refractivity (Wildman–Crippen MR) is 164 cm³/mol. The van der Waals surface area contributed by atoms with Crippen molar-refractivity contribution in [2.24, 2.45) is 0 Å². The minimum Gasteiger partial charge on any atom is -0.384 e. The number of nitrogens with one attached hydrogen (secondary N) is 3. The van der Waals surface area contributed by atoms with Gasteiger partial charge < -0.3 is 10.6 Å². The van der Waals surface area contributed by atoms with Crippen LogP contribution in [0.15, 0.2) is 73.2 Å². The SMILES string of the molecule is O=C(NCCCCCCCCNc1ccnc2cc(Cl)ccc12)c1ccc2c(c1)C(=O)N(NC(=O)c1ccncc1)C2=O. The summed E-state index contributed by atoms with van der Waals surface area (Å²) in [6, 6.07) is 15.0. The number of nitrogens with zero attached hydrogens (tertiary/aromatic N) is 3. The number of hydrogen-bond acceptors (Lipinski definition) is 7. The molecule has 0 bridgehead atoms. The van der Waals surface area contributed by atoms with Gasteiger partial charge in [-0.15, -0.1) is 0 Å². The second-order valence-corrected chi connectivity index (χ2v) is 10.6. The third kappa shape index (κ3) is 7.15. The fourth-order valence-corrected chi connectivity index (χ4v) is 5.08. The molecule has 0 fully saturated rings. The van der Waals surface area contributed by atoms with Gasteiger partial charge in [0.2, 0.25) is 0 Å². The van der Waals surface area contributed by atoms with Crippen LogP contribution in [0, 0.1) is 0 Å². The number of hydrogen-bond donors (Lipinski definition) is 3. The second-order valence-electron chi connectivity index (χ2n) is 10.2. The van der Waals surface area contributed by atoms with Gasteiger partial charge in [0.15, 0.2) is 0 Å². The lowest BCUT2D eigenvalue weighted by molar-refractivity contribution is 0.0518. The molecule has 0 saturated carbocycles. The average Bonchev–Trinajstić information content (AvgIpc) is 3.26. The van der Waals surface area contributed by atoms with Gasteiger partial charge in [0.25, 0.3) is 23.6 Å². The van der Waals surface area contributed by atoms with Crippen molar-refractivity contribution in [3.8, 4) is 0 Å². The van der Waals surface area contributed by atoms with Gasteiger partial charge in [-0.2, -0.15) is 5.01 Å². The highest BCUT2D eigenvalue weighted by Gasteiger charge is 2.37. The normalized spacial score (nSPS) is 12.3. The van der Waals surface area contributed by atoms with Crippen molar-refractivity contribution in [1.82, 2.24) is 25.7 Å². The smallest absolute Gasteiger partial charge is 0.280 e. The molecular weight excluding hydrogens is 568 g/mol. The molecule has 3 heterocycles. The first kappa shape index (κ1) is 29.7. The lowest BCUT2D eigenvalue weighted by Gasteiger charge is -2.14. The van der Waals surface area contributed by atoms with Crippen LogP contribution in [-0.2, 0) is 0 Å². The summed E-state index contributed by atoms with van der Waals surface area (Å²) < 4.78 is 0. The molecule has 3 N–H and O–H groups in total. The Bertz CT molecular complexity index is 1660. The molecule has 0 saturated heterocycles. The van der Waals surface area contributed by atoms with Gasteiger partial charge in [-0.1, -0.05) is 37.3 Å². The summed E-state index contributed by atoms with van der Waals surface area (Å²) >= 11 is 6.07. The predicted octanol–water partition coefficient (Wildman–Crippen LogP) is 5.41. The number of benzene rings is 2. The number of aromatic nitrogens is 2. The Morgan fingerprint density at radius 3 is 2.23 bits per heavy atom. The van der Waals surface area contributed by atoms with Gasteiger partial charge in [0, 0.05) is 58.9 Å². The highest BCUT2D eigenvalue weighted by atomic mass is 35.5. The number of pyridine rings is 2. The number of hydrazine groups is 1. The summed E-state index contributed by atoms with van der Waals surface area (Å²) in [5, 5.41) is 8.77. The lowest BCUT2D eigenvalue weighted by Crippen LogP contribution is -2.45. The third-order valence-electron chi connectivity index (χ3n) is 7.21. The molecule has 10 nitrogen and oxygen atoms in total. The van der Waals surface area contributed by atoms with Gasteiger partial charge in [0.1, 0.15) is 0 Å². The Morgan fingerprint density at radius 2 is 1.44 bits per heavy atom. The van der Waals surface area contributed by atoms with E-state index >= 15 is 0 Å². The number of fused-ring (bicyclic) bond motifs is 2. The van der Waals surface area contributed by atoms with Crippen molar-refractivity contribution in [2.75, 3.05) is 18.4 Å². The molecule has 0 aliphatic carbocycles. The molecule has 0 atom stereocenters. The summed E-state index contributed by atoms with van der Waals surface area (Å²) in [6.07, 6.45) is 10.8. The zero-order valence-corrected chi connectivity index (χ0v) is 24.2. The van der Waals surface area contributed by atoms with Crippen LogP contribution in [-0.4, -0.2) is 51.7 Å². The number of unbranched alkanes of at least 4 members (excludes halogenated alkanes) is 5. The summed E-state index contributed by atoms with van der Waals surface area (Å²) in [6.45, 7) is 1.39. The molecule has 1 aliphatic rings. The number of imide groups is 1. The summed E-state index contributed by atoms with van der Waals surface area (Å²) in [4.78, 5) is 58.9. The topological polar surface area (TPSA) is 133 Å². The van der Waals surface area contributed by atoms with E-state index in [9.17, 15) is 19.2 Å². The fraction of sp³-hybridized carbons (Fsp3) is 0.250. The lowest BCUT2D eigenvalue weighted by atomic mass is 10.1. The van der Waals surface area contributed by atoms with Gasteiger partial charge in [0.05, 0.1) is 16.6 Å². The van der Waals surface area contributed by atoms with Gasteiger partial charge >= 0.3 is 0 Å². The molecule has 0 spiro atoms. The second kappa shape index (κ2) is 13.9. The highest BCUT2D eigenvalue weighted by Crippen LogP contribution is 2.25. The van der Waals surface area contributed by atoms with Crippen molar-refractivity contribution < 1.29 is 19.2 Å². The van der Waals surface area contributed by atoms with Crippen LogP contribution in [0.5, 0.6) is 0 Å². The van der Waals surface area contributed by atoms with Crippen LogP contribution >= 0.6 is 11.6 Å². The maximum atomic E-state index is 12.8. The molecule has 4 aromatic rings. The molecule has 4 amide bonds. The molecule has 0 unspecified atom stereocenters. The van der Waals surface area contributed by atoms with Crippen LogP contribution in [0.1, 0.15) is 80.0 Å². The zero-order valence-electron chi connectivity index (χ0n) is 23.4. The number of carbonyl (C=O) groups excluding carboxylic acids is 4. The van der Waals surface area contributed by atoms with Crippen LogP contribution in [0.4, 0.5) is 5.69 Å². The summed E-state index contributed by atoms with van der Waals surface area (Å²) in [7, 11) is 0. The molecule has 2 aromatic heterocycles. The first-order chi connectivity index (χ1) is 20.9. The van der Waals surface area contributed by atoms with Crippen molar-refractivity contribution in [3.63, 3.8) is 0 Å². The Morgan fingerprint density at radius 1 is 0.721 bits per heavy atom. The van der Waals surface area contributed by atoms with E-state index in [1.54, 1.807) is 6.20 Å². The monoisotopic (exact) mass is 598 g/mol. The molecule has 43 heavy (non-hydrogen) atoms. The highest BCUT2D eigenvalue weighted by molar-refractivity contribution is 6.31. The van der Waals surface area contributed by atoms with E-state index in [0.29, 0.717) is 16.6 Å². The molecule has 11 heteroatoms. The molecule has 2 aromatic carbocycles. The fourth-order valence-electron chi connectivity index (χ4n) is 4.91. The van der Waals surface area contributed by atoms with E-state index in [1.807, 2.05) is 24.3 Å². The van der Waals surface area contributed by atoms with Crippen LogP contribution in [0.3, 0.4) is 0 Å². The van der Waals surface area contributed by atoms with E-state index in [4.69, 9.17) is 11.6 Å². The number of amides is 4. The number of halogens is 1. The van der Waals surface area contributed by atoms with Crippen molar-refractivity contribution >= 4 is 51.8 Å². The van der Waals surface area contributed by atoms with Crippen molar-refractivity contribution in [1.29, 1.82) is 0 Å². The Balaban J connectivity index is 0.988. The minimum atomic E-state index is -0.689. The molecule has 5 rings (SSSR count). The average molecular weight is 599 g/mol. The number of carbonyl (C=O) groups is 4. The van der Waals surface area contributed by atoms with Gasteiger partial charge in [-0.3, -0.25) is 34.6 Å². The van der Waals surface area contributed by atoms with Crippen molar-refractivity contribution in [3.05, 3.63) is 100 Å². The molecule has 0 radical (unpaired) electrons. The maximum Gasteiger partial charge on any atom is 0.280 e. The Kier molecular flexibility index (Phi) is 9.58. The first-order valence-electron chi connectivity index (χ1n) is 14.2. The molecule has 1 aliphatic heterocycles. The minimum absolute atomic E-state index is 0.0729. The van der Waals surface area contributed by atoms with E-state index in [-0.39, 0.29) is 28.2 Å². The third-order valence-corrected chi connectivity index (χ3v) is 7.45. The van der Waals surface area contributed by atoms with Crippen molar-refractivity contribution in [2.45, 2.75) is 38.5 Å². The Labute approximate surface area is 253 Å². The number of rotatable bonds is 13. The van der Waals surface area contributed by atoms with Crippen LogP contribution in [0.25, 0.3) is 10.9 Å². The van der Waals surface area contributed by atoms with E-state index in [0.717, 1.165) is 61.7 Å². The van der Waals surface area contributed by atoms with E-state index < -0.39 is 17.7 Å². The summed E-state index contributed by atoms with van der Waals surface area (Å²) in [5.74, 6) is -2.27. The molecular formula is C32H31ClN6O4.